The Kier molecular flexibility index (Phi) is 4.42. The second kappa shape index (κ2) is 6.64. The maximum Gasteiger partial charge on any atom is 0.321 e. The molecule has 0 saturated carbocycles. The van der Waals surface area contributed by atoms with Crippen LogP contribution >= 0.6 is 0 Å². The average Bonchev–Trinajstić information content (AvgIpc) is 3.03. The summed E-state index contributed by atoms with van der Waals surface area (Å²) >= 11 is 0. The molecule has 1 aromatic heterocycles. The molecular weight excluding hydrogens is 276 g/mol. The van der Waals surface area contributed by atoms with Gasteiger partial charge in [0.05, 0.1) is 0 Å². The Hall–Kier alpha value is -2.30. The zero-order valence-electron chi connectivity index (χ0n) is 12.9. The molecule has 5 heteroatoms. The molecular formula is C17H22N4O. The Morgan fingerprint density at radius 3 is 2.64 bits per heavy atom. The van der Waals surface area contributed by atoms with Gasteiger partial charge in [-0.1, -0.05) is 17.7 Å². The second-order valence-electron chi connectivity index (χ2n) is 5.95. The molecule has 2 heterocycles. The van der Waals surface area contributed by atoms with Crippen LogP contribution in [0.15, 0.2) is 42.7 Å². The van der Waals surface area contributed by atoms with Crippen molar-refractivity contribution < 1.29 is 4.79 Å². The summed E-state index contributed by atoms with van der Waals surface area (Å²) in [5.74, 6) is 0.600. The standard InChI is InChI=1S/C17H22N4O/c1-14-3-5-16(6-4-14)19-17(22)20-11-7-15(8-12-20)13-21-10-2-9-18-21/h2-6,9-10,15H,7-8,11-13H2,1H3,(H,19,22). The molecule has 5 nitrogen and oxygen atoms in total. The number of hydrogen-bond donors (Lipinski definition) is 1. The number of hydrogen-bond acceptors (Lipinski definition) is 2. The van der Waals surface area contributed by atoms with Gasteiger partial charge in [0.15, 0.2) is 0 Å². The molecule has 0 spiro atoms. The van der Waals surface area contributed by atoms with Gasteiger partial charge < -0.3 is 10.2 Å². The zero-order chi connectivity index (χ0) is 15.4. The predicted octanol–water partition coefficient (Wildman–Crippen LogP) is 3.14. The first-order chi connectivity index (χ1) is 10.7. The Bertz CT molecular complexity index is 598. The van der Waals surface area contributed by atoms with Crippen LogP contribution in [-0.2, 0) is 6.54 Å². The molecule has 0 bridgehead atoms. The van der Waals surface area contributed by atoms with Crippen LogP contribution in [-0.4, -0.2) is 33.8 Å². The van der Waals surface area contributed by atoms with E-state index in [4.69, 9.17) is 0 Å². The summed E-state index contributed by atoms with van der Waals surface area (Å²) in [6, 6.07) is 9.85. The van der Waals surface area contributed by atoms with Gasteiger partial charge in [-0.3, -0.25) is 4.68 Å². The molecule has 116 valence electrons. The van der Waals surface area contributed by atoms with Crippen molar-refractivity contribution in [2.75, 3.05) is 18.4 Å². The summed E-state index contributed by atoms with van der Waals surface area (Å²) in [4.78, 5) is 14.2. The van der Waals surface area contributed by atoms with Gasteiger partial charge in [0.25, 0.3) is 0 Å². The van der Waals surface area contributed by atoms with E-state index in [1.807, 2.05) is 59.2 Å². The highest BCUT2D eigenvalue weighted by atomic mass is 16.2. The number of carbonyl (C=O) groups excluding carboxylic acids is 1. The molecule has 1 saturated heterocycles. The summed E-state index contributed by atoms with van der Waals surface area (Å²) in [6.07, 6.45) is 5.86. The first kappa shape index (κ1) is 14.6. The van der Waals surface area contributed by atoms with Crippen molar-refractivity contribution in [3.8, 4) is 0 Å². The number of amides is 2. The number of aryl methyl sites for hydroxylation is 1. The molecule has 0 aliphatic carbocycles. The highest BCUT2D eigenvalue weighted by Gasteiger charge is 2.23. The number of carbonyl (C=O) groups is 1. The van der Waals surface area contributed by atoms with Crippen molar-refractivity contribution in [1.29, 1.82) is 0 Å². The molecule has 3 rings (SSSR count). The first-order valence-electron chi connectivity index (χ1n) is 7.81. The van der Waals surface area contributed by atoms with Crippen LogP contribution in [0.5, 0.6) is 0 Å². The van der Waals surface area contributed by atoms with E-state index in [1.54, 1.807) is 0 Å². The largest absolute Gasteiger partial charge is 0.325 e. The van der Waals surface area contributed by atoms with Crippen molar-refractivity contribution in [1.82, 2.24) is 14.7 Å². The number of nitrogens with one attached hydrogen (secondary N) is 1. The lowest BCUT2D eigenvalue weighted by Gasteiger charge is -2.32. The van der Waals surface area contributed by atoms with Crippen LogP contribution in [0.2, 0.25) is 0 Å². The minimum absolute atomic E-state index is 0.00129. The van der Waals surface area contributed by atoms with E-state index < -0.39 is 0 Å². The molecule has 0 radical (unpaired) electrons. The van der Waals surface area contributed by atoms with Crippen LogP contribution in [0.3, 0.4) is 0 Å². The number of urea groups is 1. The number of nitrogens with zero attached hydrogens (tertiary/aromatic N) is 3. The molecule has 2 aromatic rings. The topological polar surface area (TPSA) is 50.2 Å². The number of anilines is 1. The third kappa shape index (κ3) is 3.67. The van der Waals surface area contributed by atoms with E-state index in [0.717, 1.165) is 38.2 Å². The van der Waals surface area contributed by atoms with Crippen molar-refractivity contribution in [2.24, 2.45) is 5.92 Å². The maximum atomic E-state index is 12.3. The minimum Gasteiger partial charge on any atom is -0.325 e. The van der Waals surface area contributed by atoms with E-state index >= 15 is 0 Å². The summed E-state index contributed by atoms with van der Waals surface area (Å²) in [6.45, 7) is 4.60. The van der Waals surface area contributed by atoms with Crippen LogP contribution in [0.25, 0.3) is 0 Å². The van der Waals surface area contributed by atoms with Crippen LogP contribution in [0, 0.1) is 12.8 Å². The molecule has 1 fully saturated rings. The predicted molar refractivity (Wildman–Crippen MR) is 86.7 cm³/mol. The fraction of sp³-hybridized carbons (Fsp3) is 0.412. The van der Waals surface area contributed by atoms with Gasteiger partial charge in [-0.05, 0) is 43.9 Å². The van der Waals surface area contributed by atoms with Gasteiger partial charge >= 0.3 is 6.03 Å². The Morgan fingerprint density at radius 1 is 1.27 bits per heavy atom. The zero-order valence-corrected chi connectivity index (χ0v) is 12.9. The highest BCUT2D eigenvalue weighted by Crippen LogP contribution is 2.20. The summed E-state index contributed by atoms with van der Waals surface area (Å²) in [7, 11) is 0. The number of aromatic nitrogens is 2. The van der Waals surface area contributed by atoms with Gasteiger partial charge in [-0.25, -0.2) is 4.79 Å². The van der Waals surface area contributed by atoms with Gasteiger partial charge in [-0.15, -0.1) is 0 Å². The van der Waals surface area contributed by atoms with Crippen LogP contribution in [0.1, 0.15) is 18.4 Å². The second-order valence-corrected chi connectivity index (χ2v) is 5.95. The van der Waals surface area contributed by atoms with Crippen molar-refractivity contribution in [3.05, 3.63) is 48.3 Å². The third-order valence-corrected chi connectivity index (χ3v) is 4.21. The van der Waals surface area contributed by atoms with E-state index in [9.17, 15) is 4.79 Å². The fourth-order valence-corrected chi connectivity index (χ4v) is 2.83. The summed E-state index contributed by atoms with van der Waals surface area (Å²) in [5.41, 5.74) is 2.05. The Labute approximate surface area is 130 Å². The smallest absolute Gasteiger partial charge is 0.321 e. The lowest BCUT2D eigenvalue weighted by Crippen LogP contribution is -2.41. The Balaban J connectivity index is 1.48. The molecule has 1 aliphatic rings. The van der Waals surface area contributed by atoms with E-state index in [1.165, 1.54) is 5.56 Å². The lowest BCUT2D eigenvalue weighted by molar-refractivity contribution is 0.175. The molecule has 22 heavy (non-hydrogen) atoms. The SMILES string of the molecule is Cc1ccc(NC(=O)N2CCC(Cn3cccn3)CC2)cc1. The van der Waals surface area contributed by atoms with Gasteiger partial charge in [0, 0.05) is 37.7 Å². The summed E-state index contributed by atoms with van der Waals surface area (Å²) < 4.78 is 1.98. The molecule has 1 aliphatic heterocycles. The average molecular weight is 298 g/mol. The molecule has 2 amide bonds. The van der Waals surface area contributed by atoms with Gasteiger partial charge in [0.1, 0.15) is 0 Å². The number of piperidine rings is 1. The van der Waals surface area contributed by atoms with Gasteiger partial charge in [0.2, 0.25) is 0 Å². The van der Waals surface area contributed by atoms with Crippen molar-refractivity contribution in [2.45, 2.75) is 26.3 Å². The molecule has 1 aromatic carbocycles. The monoisotopic (exact) mass is 298 g/mol. The minimum atomic E-state index is 0.00129. The number of likely N-dealkylation sites (tertiary alicyclic amines) is 1. The van der Waals surface area contributed by atoms with Gasteiger partial charge in [-0.2, -0.15) is 5.10 Å². The molecule has 1 N–H and O–H groups in total. The quantitative estimate of drug-likeness (QED) is 0.946. The van der Waals surface area contributed by atoms with E-state index in [-0.39, 0.29) is 6.03 Å². The molecule has 0 atom stereocenters. The first-order valence-corrected chi connectivity index (χ1v) is 7.81. The van der Waals surface area contributed by atoms with E-state index in [0.29, 0.717) is 5.92 Å². The lowest BCUT2D eigenvalue weighted by atomic mass is 9.97. The maximum absolute atomic E-state index is 12.3. The third-order valence-electron chi connectivity index (χ3n) is 4.21. The van der Waals surface area contributed by atoms with Crippen molar-refractivity contribution in [3.63, 3.8) is 0 Å². The van der Waals surface area contributed by atoms with Crippen molar-refractivity contribution >= 4 is 11.7 Å². The van der Waals surface area contributed by atoms with E-state index in [2.05, 4.69) is 10.4 Å². The van der Waals surface area contributed by atoms with Crippen LogP contribution < -0.4 is 5.32 Å². The normalized spacial score (nSPS) is 15.8. The van der Waals surface area contributed by atoms with Crippen LogP contribution in [0.4, 0.5) is 10.5 Å². The Morgan fingerprint density at radius 2 is 2.00 bits per heavy atom. The number of benzene rings is 1. The highest BCUT2D eigenvalue weighted by molar-refractivity contribution is 5.89. The number of rotatable bonds is 3. The summed E-state index contributed by atoms with van der Waals surface area (Å²) in [5, 5.41) is 7.22. The molecule has 0 unspecified atom stereocenters. The fourth-order valence-electron chi connectivity index (χ4n) is 2.83.